The number of urea groups is 1. The van der Waals surface area contributed by atoms with Crippen LogP contribution in [0.1, 0.15) is 16.1 Å². The number of aromatic nitrogens is 2. The van der Waals surface area contributed by atoms with Gasteiger partial charge in [-0.05, 0) is 42.0 Å². The first-order valence-corrected chi connectivity index (χ1v) is 8.47. The van der Waals surface area contributed by atoms with Crippen LogP contribution >= 0.6 is 11.5 Å². The van der Waals surface area contributed by atoms with E-state index in [2.05, 4.69) is 30.7 Å². The average molecular weight is 382 g/mol. The maximum Gasteiger partial charge on any atom is 0.324 e. The summed E-state index contributed by atoms with van der Waals surface area (Å²) in [6.07, 6.45) is 1.41. The third-order valence-corrected chi connectivity index (χ3v) is 3.88. The van der Waals surface area contributed by atoms with Gasteiger partial charge in [-0.3, -0.25) is 10.1 Å². The van der Waals surface area contributed by atoms with Crippen molar-refractivity contribution >= 4 is 40.4 Å². The summed E-state index contributed by atoms with van der Waals surface area (Å²) in [6.45, 7) is 0. The molecule has 0 saturated heterocycles. The number of rotatable bonds is 5. The van der Waals surface area contributed by atoms with Crippen LogP contribution in [0.4, 0.5) is 15.5 Å². The summed E-state index contributed by atoms with van der Waals surface area (Å²) in [4.78, 5) is 24.2. The summed E-state index contributed by atoms with van der Waals surface area (Å²) < 4.78 is 3.69. The molecule has 3 rings (SSSR count). The molecule has 0 radical (unpaired) electrons. The van der Waals surface area contributed by atoms with Crippen molar-refractivity contribution in [1.82, 2.24) is 15.0 Å². The summed E-state index contributed by atoms with van der Waals surface area (Å²) >= 11 is 0.875. The molecule has 1 heterocycles. The van der Waals surface area contributed by atoms with Gasteiger partial charge in [0.25, 0.3) is 5.91 Å². The largest absolute Gasteiger partial charge is 0.508 e. The molecule has 0 aliphatic heterocycles. The summed E-state index contributed by atoms with van der Waals surface area (Å²) in [5.41, 5.74) is 3.56. The number of para-hydroxylation sites is 1. The van der Waals surface area contributed by atoms with Crippen molar-refractivity contribution in [2.24, 2.45) is 5.10 Å². The lowest BCUT2D eigenvalue weighted by molar-refractivity contribution is 0.0951. The van der Waals surface area contributed by atoms with Gasteiger partial charge in [0.15, 0.2) is 10.7 Å². The molecule has 10 heteroatoms. The third-order valence-electron chi connectivity index (χ3n) is 3.23. The molecule has 136 valence electrons. The Hall–Kier alpha value is -3.79. The molecule has 0 spiro atoms. The van der Waals surface area contributed by atoms with Crippen LogP contribution in [0.5, 0.6) is 5.75 Å². The van der Waals surface area contributed by atoms with E-state index < -0.39 is 11.9 Å². The first-order chi connectivity index (χ1) is 13.1. The number of aromatic hydroxyl groups is 1. The van der Waals surface area contributed by atoms with E-state index in [1.165, 1.54) is 18.3 Å². The molecule has 0 aliphatic rings. The molecule has 2 aromatic carbocycles. The quantitative estimate of drug-likeness (QED) is 0.398. The van der Waals surface area contributed by atoms with Gasteiger partial charge >= 0.3 is 6.03 Å². The Labute approximate surface area is 157 Å². The molecule has 0 bridgehead atoms. The fraction of sp³-hybridized carbons (Fsp3) is 0. The summed E-state index contributed by atoms with van der Waals surface area (Å²) in [5, 5.41) is 22.1. The Morgan fingerprint density at radius 2 is 1.78 bits per heavy atom. The number of anilines is 2. The SMILES string of the molecule is O=C(Nc1ccccc1)Nc1snnc1C(=O)N/N=C/c1ccc(O)cc1. The number of nitrogens with one attached hydrogen (secondary N) is 3. The van der Waals surface area contributed by atoms with E-state index in [9.17, 15) is 14.7 Å². The van der Waals surface area contributed by atoms with E-state index in [0.717, 1.165) is 11.5 Å². The molecule has 0 unspecified atom stereocenters. The third kappa shape index (κ3) is 5.09. The van der Waals surface area contributed by atoms with Crippen LogP contribution in [-0.4, -0.2) is 32.8 Å². The number of hydrazone groups is 1. The minimum absolute atomic E-state index is 0.0499. The van der Waals surface area contributed by atoms with Crippen molar-refractivity contribution in [1.29, 1.82) is 0 Å². The van der Waals surface area contributed by atoms with Crippen LogP contribution in [-0.2, 0) is 0 Å². The second kappa shape index (κ2) is 8.54. The summed E-state index contributed by atoms with van der Waals surface area (Å²) in [7, 11) is 0. The molecule has 0 atom stereocenters. The Morgan fingerprint density at radius 3 is 2.52 bits per heavy atom. The fourth-order valence-corrected chi connectivity index (χ4v) is 2.55. The average Bonchev–Trinajstić information content (AvgIpc) is 3.12. The first kappa shape index (κ1) is 18.0. The van der Waals surface area contributed by atoms with Gasteiger partial charge in [-0.25, -0.2) is 10.2 Å². The van der Waals surface area contributed by atoms with Gasteiger partial charge in [-0.15, -0.1) is 5.10 Å². The Morgan fingerprint density at radius 1 is 1.04 bits per heavy atom. The second-order valence-corrected chi connectivity index (χ2v) is 5.94. The molecule has 3 aromatic rings. The number of carbonyl (C=O) groups excluding carboxylic acids is 2. The van der Waals surface area contributed by atoms with Crippen molar-refractivity contribution in [3.05, 3.63) is 65.9 Å². The predicted molar refractivity (Wildman–Crippen MR) is 102 cm³/mol. The van der Waals surface area contributed by atoms with Crippen LogP contribution in [0, 0.1) is 0 Å². The van der Waals surface area contributed by atoms with E-state index in [4.69, 9.17) is 0 Å². The Bertz CT molecular complexity index is 956. The van der Waals surface area contributed by atoms with E-state index >= 15 is 0 Å². The van der Waals surface area contributed by atoms with Crippen molar-refractivity contribution in [2.75, 3.05) is 10.6 Å². The number of carbonyl (C=O) groups is 2. The lowest BCUT2D eigenvalue weighted by Gasteiger charge is -2.06. The number of hydrogen-bond acceptors (Lipinski definition) is 7. The van der Waals surface area contributed by atoms with Crippen molar-refractivity contribution in [3.8, 4) is 5.75 Å². The minimum atomic E-state index is -0.617. The minimum Gasteiger partial charge on any atom is -0.508 e. The Kier molecular flexibility index (Phi) is 5.70. The van der Waals surface area contributed by atoms with Crippen LogP contribution in [0.2, 0.25) is 0 Å². The Balaban J connectivity index is 1.59. The highest BCUT2D eigenvalue weighted by Crippen LogP contribution is 2.18. The summed E-state index contributed by atoms with van der Waals surface area (Å²) in [6, 6.07) is 14.6. The number of hydrogen-bond donors (Lipinski definition) is 4. The molecule has 0 fully saturated rings. The van der Waals surface area contributed by atoms with E-state index in [0.29, 0.717) is 11.3 Å². The standard InChI is InChI=1S/C17H14N6O3S/c24-13-8-6-11(7-9-13)10-18-22-15(25)14-16(27-23-21-14)20-17(26)19-12-4-2-1-3-5-12/h1-10,24H,(H,22,25)(H2,19,20,26)/b18-10+. The van der Waals surface area contributed by atoms with Crippen molar-refractivity contribution < 1.29 is 14.7 Å². The van der Waals surface area contributed by atoms with Crippen LogP contribution < -0.4 is 16.1 Å². The monoisotopic (exact) mass is 382 g/mol. The molecule has 0 saturated carbocycles. The number of phenolic OH excluding ortho intramolecular Hbond substituents is 1. The highest BCUT2D eigenvalue weighted by molar-refractivity contribution is 7.10. The van der Waals surface area contributed by atoms with Crippen LogP contribution in [0.15, 0.2) is 59.7 Å². The molecule has 27 heavy (non-hydrogen) atoms. The number of benzene rings is 2. The van der Waals surface area contributed by atoms with Crippen molar-refractivity contribution in [3.63, 3.8) is 0 Å². The normalized spacial score (nSPS) is 10.5. The maximum atomic E-state index is 12.2. The van der Waals surface area contributed by atoms with Gasteiger partial charge in [-0.2, -0.15) is 5.10 Å². The van der Waals surface area contributed by atoms with Gasteiger partial charge in [0.2, 0.25) is 0 Å². The van der Waals surface area contributed by atoms with E-state index in [1.807, 2.05) is 6.07 Å². The number of nitrogens with zero attached hydrogens (tertiary/aromatic N) is 3. The lowest BCUT2D eigenvalue weighted by atomic mass is 10.2. The highest BCUT2D eigenvalue weighted by atomic mass is 32.1. The van der Waals surface area contributed by atoms with Crippen LogP contribution in [0.25, 0.3) is 0 Å². The van der Waals surface area contributed by atoms with Gasteiger partial charge in [0.05, 0.1) is 6.21 Å². The topological polar surface area (TPSA) is 129 Å². The molecule has 9 nitrogen and oxygen atoms in total. The van der Waals surface area contributed by atoms with E-state index in [-0.39, 0.29) is 16.4 Å². The van der Waals surface area contributed by atoms with Gasteiger partial charge in [0.1, 0.15) is 5.75 Å². The molecule has 3 amide bonds. The van der Waals surface area contributed by atoms with E-state index in [1.54, 1.807) is 36.4 Å². The number of amides is 3. The lowest BCUT2D eigenvalue weighted by Crippen LogP contribution is -2.23. The highest BCUT2D eigenvalue weighted by Gasteiger charge is 2.18. The smallest absolute Gasteiger partial charge is 0.324 e. The van der Waals surface area contributed by atoms with Gasteiger partial charge < -0.3 is 10.4 Å². The first-order valence-electron chi connectivity index (χ1n) is 7.69. The zero-order valence-electron chi connectivity index (χ0n) is 13.8. The zero-order chi connectivity index (χ0) is 19.1. The predicted octanol–water partition coefficient (Wildman–Crippen LogP) is 2.65. The van der Waals surface area contributed by atoms with Crippen LogP contribution in [0.3, 0.4) is 0 Å². The van der Waals surface area contributed by atoms with Gasteiger partial charge in [-0.1, -0.05) is 22.7 Å². The fourth-order valence-electron chi connectivity index (χ4n) is 1.99. The molecular formula is C17H14N6O3S. The zero-order valence-corrected chi connectivity index (χ0v) is 14.6. The molecule has 0 aliphatic carbocycles. The van der Waals surface area contributed by atoms with Gasteiger partial charge in [0, 0.05) is 17.2 Å². The molecular weight excluding hydrogens is 368 g/mol. The second-order valence-electron chi connectivity index (χ2n) is 5.19. The maximum absolute atomic E-state index is 12.2. The van der Waals surface area contributed by atoms with Crippen molar-refractivity contribution in [2.45, 2.75) is 0 Å². The molecule has 4 N–H and O–H groups in total. The molecule has 1 aromatic heterocycles. The number of phenols is 1. The summed E-state index contributed by atoms with van der Waals surface area (Å²) in [5.74, 6) is -0.483.